The summed E-state index contributed by atoms with van der Waals surface area (Å²) in [5, 5.41) is 11.9. The van der Waals surface area contributed by atoms with Crippen LogP contribution < -0.4 is 5.32 Å². The van der Waals surface area contributed by atoms with Crippen molar-refractivity contribution in [2.75, 3.05) is 26.7 Å². The van der Waals surface area contributed by atoms with Gasteiger partial charge in [0.05, 0.1) is 17.1 Å². The molecular formula is C20H31F3N2O3S. The predicted octanol–water partition coefficient (Wildman–Crippen LogP) is 3.64. The van der Waals surface area contributed by atoms with Crippen LogP contribution in [0.3, 0.4) is 0 Å². The Bertz CT molecular complexity index is 715. The van der Waals surface area contributed by atoms with Crippen LogP contribution in [0.15, 0.2) is 29.2 Å². The van der Waals surface area contributed by atoms with E-state index in [0.29, 0.717) is 12.5 Å². The number of rotatable bonds is 10. The summed E-state index contributed by atoms with van der Waals surface area (Å²) in [5.74, 6) is 0.589. The summed E-state index contributed by atoms with van der Waals surface area (Å²) in [6.07, 6.45) is 2.25. The molecule has 1 aliphatic carbocycles. The van der Waals surface area contributed by atoms with E-state index in [0.717, 1.165) is 75.8 Å². The van der Waals surface area contributed by atoms with Crippen molar-refractivity contribution in [1.29, 1.82) is 0 Å². The summed E-state index contributed by atoms with van der Waals surface area (Å²) >= 11 is 0. The van der Waals surface area contributed by atoms with Crippen molar-refractivity contribution < 1.29 is 26.7 Å². The smallest absolute Gasteiger partial charge is 0.395 e. The Morgan fingerprint density at radius 1 is 1.07 bits per heavy atom. The van der Waals surface area contributed by atoms with Crippen LogP contribution in [-0.4, -0.2) is 50.6 Å². The van der Waals surface area contributed by atoms with Crippen LogP contribution in [-0.2, 0) is 16.2 Å². The number of aliphatic hydroxyl groups excluding tert-OH is 1. The number of hydrogen-bond acceptors (Lipinski definition) is 4. The average molecular weight is 437 g/mol. The van der Waals surface area contributed by atoms with Gasteiger partial charge in [-0.25, -0.2) is 8.42 Å². The van der Waals surface area contributed by atoms with E-state index in [2.05, 4.69) is 5.32 Å². The molecule has 1 fully saturated rings. The predicted molar refractivity (Wildman–Crippen MR) is 106 cm³/mol. The third-order valence-corrected chi connectivity index (χ3v) is 7.62. The van der Waals surface area contributed by atoms with Crippen LogP contribution in [0.2, 0.25) is 0 Å². The van der Waals surface area contributed by atoms with E-state index >= 15 is 0 Å². The van der Waals surface area contributed by atoms with E-state index in [1.807, 2.05) is 0 Å². The molecule has 0 heterocycles. The number of nitrogens with zero attached hydrogens (tertiary/aromatic N) is 1. The lowest BCUT2D eigenvalue weighted by molar-refractivity contribution is -0.137. The van der Waals surface area contributed by atoms with Gasteiger partial charge in [0.2, 0.25) is 10.0 Å². The minimum atomic E-state index is -4.48. The average Bonchev–Trinajstić information content (AvgIpc) is 2.70. The van der Waals surface area contributed by atoms with E-state index < -0.39 is 21.8 Å². The third kappa shape index (κ3) is 6.94. The Kier molecular flexibility index (Phi) is 8.93. The summed E-state index contributed by atoms with van der Waals surface area (Å²) in [6, 6.07) is 3.57. The minimum Gasteiger partial charge on any atom is -0.395 e. The van der Waals surface area contributed by atoms with Gasteiger partial charge in [-0.2, -0.15) is 17.5 Å². The van der Waals surface area contributed by atoms with Crippen LogP contribution in [0.4, 0.5) is 13.2 Å². The van der Waals surface area contributed by atoms with Crippen LogP contribution in [0, 0.1) is 5.92 Å². The zero-order valence-corrected chi connectivity index (χ0v) is 17.6. The van der Waals surface area contributed by atoms with Gasteiger partial charge in [0, 0.05) is 19.6 Å². The SMILES string of the molecule is CN([C@H]1CC[C@H](CCCCNCCO)CC1)S(=O)(=O)c1ccc(C(F)(F)F)cc1. The largest absolute Gasteiger partial charge is 0.416 e. The Balaban J connectivity index is 1.84. The molecule has 2 N–H and O–H groups in total. The highest BCUT2D eigenvalue weighted by atomic mass is 32.2. The Hall–Kier alpha value is -1.16. The second-order valence-corrected chi connectivity index (χ2v) is 9.68. The lowest BCUT2D eigenvalue weighted by Gasteiger charge is -2.34. The van der Waals surface area contributed by atoms with E-state index in [1.54, 1.807) is 0 Å². The molecule has 166 valence electrons. The normalized spacial score (nSPS) is 20.9. The lowest BCUT2D eigenvalue weighted by atomic mass is 9.83. The molecular weight excluding hydrogens is 405 g/mol. The molecule has 0 saturated heterocycles. The van der Waals surface area contributed by atoms with Crippen molar-refractivity contribution in [3.63, 3.8) is 0 Å². The number of hydrogen-bond donors (Lipinski definition) is 2. The molecule has 0 spiro atoms. The van der Waals surface area contributed by atoms with Gasteiger partial charge < -0.3 is 10.4 Å². The fraction of sp³-hybridized carbons (Fsp3) is 0.700. The number of aliphatic hydroxyl groups is 1. The van der Waals surface area contributed by atoms with Gasteiger partial charge in [-0.05, 0) is 68.8 Å². The van der Waals surface area contributed by atoms with Crippen LogP contribution >= 0.6 is 0 Å². The van der Waals surface area contributed by atoms with Gasteiger partial charge in [0.15, 0.2) is 0 Å². The highest BCUT2D eigenvalue weighted by Crippen LogP contribution is 2.33. The van der Waals surface area contributed by atoms with Crippen molar-refractivity contribution in [2.45, 2.75) is 62.1 Å². The first-order chi connectivity index (χ1) is 13.7. The number of unbranched alkanes of at least 4 members (excludes halogenated alkanes) is 1. The molecule has 0 bridgehead atoms. The summed E-state index contributed by atoms with van der Waals surface area (Å²) in [6.45, 7) is 1.65. The molecule has 1 aromatic carbocycles. The highest BCUT2D eigenvalue weighted by Gasteiger charge is 2.33. The number of benzene rings is 1. The first-order valence-electron chi connectivity index (χ1n) is 10.1. The van der Waals surface area contributed by atoms with Crippen LogP contribution in [0.1, 0.15) is 50.5 Å². The minimum absolute atomic E-state index is 0.106. The van der Waals surface area contributed by atoms with Crippen molar-refractivity contribution in [3.8, 4) is 0 Å². The molecule has 1 aliphatic rings. The zero-order valence-electron chi connectivity index (χ0n) is 16.8. The molecule has 5 nitrogen and oxygen atoms in total. The third-order valence-electron chi connectivity index (χ3n) is 5.69. The summed E-state index contributed by atoms with van der Waals surface area (Å²) < 4.78 is 65.0. The maximum atomic E-state index is 12.8. The van der Waals surface area contributed by atoms with Gasteiger partial charge in [-0.1, -0.05) is 12.8 Å². The molecule has 0 atom stereocenters. The molecule has 1 aromatic rings. The maximum absolute atomic E-state index is 12.8. The fourth-order valence-electron chi connectivity index (χ4n) is 3.86. The molecule has 9 heteroatoms. The van der Waals surface area contributed by atoms with Gasteiger partial charge >= 0.3 is 6.18 Å². The summed E-state index contributed by atoms with van der Waals surface area (Å²) in [7, 11) is -2.29. The highest BCUT2D eigenvalue weighted by molar-refractivity contribution is 7.89. The zero-order chi connectivity index (χ0) is 21.5. The quantitative estimate of drug-likeness (QED) is 0.550. The molecule has 29 heavy (non-hydrogen) atoms. The summed E-state index contributed by atoms with van der Waals surface area (Å²) in [5.41, 5.74) is -0.855. The molecule has 1 saturated carbocycles. The van der Waals surface area contributed by atoms with Crippen LogP contribution in [0.5, 0.6) is 0 Å². The molecule has 0 radical (unpaired) electrons. The summed E-state index contributed by atoms with van der Waals surface area (Å²) in [4.78, 5) is -0.106. The Morgan fingerprint density at radius 3 is 2.24 bits per heavy atom. The number of alkyl halides is 3. The van der Waals surface area contributed by atoms with Gasteiger partial charge in [-0.3, -0.25) is 0 Å². The van der Waals surface area contributed by atoms with Gasteiger partial charge in [0.25, 0.3) is 0 Å². The number of nitrogens with one attached hydrogen (secondary N) is 1. The maximum Gasteiger partial charge on any atom is 0.416 e. The number of sulfonamides is 1. The molecule has 0 amide bonds. The standard InChI is InChI=1S/C20H31F3N2O3S/c1-25(29(27,28)19-11-7-17(8-12-19)20(21,22)23)18-9-5-16(6-10-18)4-2-3-13-24-14-15-26/h7-8,11-12,16,18,24,26H,2-6,9-10,13-15H2,1H3/t16-,18-. The van der Waals surface area contributed by atoms with E-state index in [-0.39, 0.29) is 17.5 Å². The molecule has 0 unspecified atom stereocenters. The van der Waals surface area contributed by atoms with Crippen molar-refractivity contribution in [2.24, 2.45) is 5.92 Å². The van der Waals surface area contributed by atoms with E-state index in [4.69, 9.17) is 5.11 Å². The van der Waals surface area contributed by atoms with Crippen LogP contribution in [0.25, 0.3) is 0 Å². The first-order valence-corrected chi connectivity index (χ1v) is 11.6. The van der Waals surface area contributed by atoms with E-state index in [1.165, 1.54) is 11.4 Å². The first kappa shape index (κ1) is 24.1. The van der Waals surface area contributed by atoms with Gasteiger partial charge in [-0.15, -0.1) is 0 Å². The van der Waals surface area contributed by atoms with E-state index in [9.17, 15) is 21.6 Å². The number of halogens is 3. The topological polar surface area (TPSA) is 69.6 Å². The van der Waals surface area contributed by atoms with Gasteiger partial charge in [0.1, 0.15) is 0 Å². The molecule has 0 aromatic heterocycles. The molecule has 2 rings (SSSR count). The van der Waals surface area contributed by atoms with Crippen molar-refractivity contribution in [3.05, 3.63) is 29.8 Å². The van der Waals surface area contributed by atoms with Crippen molar-refractivity contribution in [1.82, 2.24) is 9.62 Å². The molecule has 0 aliphatic heterocycles. The monoisotopic (exact) mass is 436 g/mol. The second kappa shape index (κ2) is 10.7. The van der Waals surface area contributed by atoms with Crippen molar-refractivity contribution >= 4 is 10.0 Å². The second-order valence-electron chi connectivity index (χ2n) is 7.69. The Morgan fingerprint density at radius 2 is 1.69 bits per heavy atom. The fourth-order valence-corrected chi connectivity index (χ4v) is 5.28. The Labute approximate surface area is 171 Å². The lowest BCUT2D eigenvalue weighted by Crippen LogP contribution is -2.39.